The maximum Gasteiger partial charge on any atom is 0.411 e. The van der Waals surface area contributed by atoms with Crippen molar-refractivity contribution in [3.63, 3.8) is 0 Å². The van der Waals surface area contributed by atoms with E-state index < -0.39 is 23.5 Å². The molecule has 4 aliphatic heterocycles. The summed E-state index contributed by atoms with van der Waals surface area (Å²) in [6.07, 6.45) is 7.46. The van der Waals surface area contributed by atoms with E-state index in [2.05, 4.69) is 5.32 Å². The Morgan fingerprint density at radius 3 is 2.58 bits per heavy atom. The van der Waals surface area contributed by atoms with Gasteiger partial charge in [0.15, 0.2) is 5.60 Å². The third kappa shape index (κ3) is 7.05. The lowest BCUT2D eigenvalue weighted by atomic mass is 9.70. The maximum atomic E-state index is 14.1. The number of benzene rings is 2. The number of phenolic OH excluding ortho intramolecular Hbond substituents is 1. The van der Waals surface area contributed by atoms with Crippen LogP contribution < -0.4 is 10.9 Å². The molecule has 6 heterocycles. The molecule has 2 N–H and O–H groups in total. The summed E-state index contributed by atoms with van der Waals surface area (Å²) in [4.78, 5) is 60.0. The molecule has 11 rings (SSSR count). The lowest BCUT2D eigenvalue weighted by Gasteiger charge is -2.42. The molecule has 5 atom stereocenters. The molecule has 2 aromatic carbocycles. The van der Waals surface area contributed by atoms with Crippen molar-refractivity contribution in [2.75, 3.05) is 19.4 Å². The van der Waals surface area contributed by atoms with Gasteiger partial charge in [-0.15, -0.1) is 0 Å². The van der Waals surface area contributed by atoms with Crippen LogP contribution in [-0.4, -0.2) is 69.8 Å². The Morgan fingerprint density at radius 2 is 1.82 bits per heavy atom. The van der Waals surface area contributed by atoms with Gasteiger partial charge >= 0.3 is 12.1 Å². The van der Waals surface area contributed by atoms with Crippen LogP contribution in [0.2, 0.25) is 0 Å². The molecule has 7 aliphatic rings. The molecule has 3 aliphatic carbocycles. The molecule has 14 heteroatoms. The number of fused-ring (bicyclic) bond motifs is 6. The molecule has 4 aromatic rings. The van der Waals surface area contributed by atoms with Crippen LogP contribution in [0.3, 0.4) is 0 Å². The highest BCUT2D eigenvalue weighted by Gasteiger charge is 2.50. The molecule has 4 bridgehead atoms. The van der Waals surface area contributed by atoms with E-state index in [9.17, 15) is 19.5 Å². The number of cyclic esters (lactones) is 1. The first-order chi connectivity index (χ1) is 29.0. The van der Waals surface area contributed by atoms with Gasteiger partial charge in [0, 0.05) is 47.2 Å². The second kappa shape index (κ2) is 15.2. The minimum atomic E-state index is -1.53. The van der Waals surface area contributed by atoms with Gasteiger partial charge < -0.3 is 33.5 Å². The topological polar surface area (TPSA) is 160 Å². The lowest BCUT2D eigenvalue weighted by Crippen LogP contribution is -2.46. The Morgan fingerprint density at radius 1 is 1.03 bits per heavy atom. The fraction of sp³-hybridized carbons (Fsp3) is 0.522. The van der Waals surface area contributed by atoms with E-state index in [1.54, 1.807) is 28.8 Å². The number of nitrogens with zero attached hydrogens (tertiary/aromatic N) is 3. The van der Waals surface area contributed by atoms with Crippen molar-refractivity contribution in [1.29, 1.82) is 0 Å². The Labute approximate surface area is 348 Å². The Bertz CT molecular complexity index is 2400. The highest BCUT2D eigenvalue weighted by atomic mass is 17.2. The molecular weight excluding hydrogens is 769 g/mol. The minimum absolute atomic E-state index is 0.0404. The van der Waals surface area contributed by atoms with Gasteiger partial charge in [-0.05, 0) is 119 Å². The molecule has 5 fully saturated rings. The number of rotatable bonds is 8. The van der Waals surface area contributed by atoms with Gasteiger partial charge in [0.2, 0.25) is 5.79 Å². The molecule has 60 heavy (non-hydrogen) atoms. The second-order valence-electron chi connectivity index (χ2n) is 18.0. The molecule has 3 saturated carbocycles. The van der Waals surface area contributed by atoms with E-state index in [1.165, 1.54) is 6.42 Å². The number of hydrogen-bond donors (Lipinski definition) is 2. The van der Waals surface area contributed by atoms with E-state index in [4.69, 9.17) is 33.7 Å². The number of pyridine rings is 2. The first kappa shape index (κ1) is 39.3. The summed E-state index contributed by atoms with van der Waals surface area (Å²) in [5, 5.41) is 14.4. The van der Waals surface area contributed by atoms with Crippen molar-refractivity contribution in [2.45, 2.75) is 127 Å². The van der Waals surface area contributed by atoms with E-state index in [0.29, 0.717) is 77.9 Å². The molecule has 14 nitrogen and oxygen atoms in total. The van der Waals surface area contributed by atoms with Crippen LogP contribution in [0.25, 0.3) is 22.3 Å². The molecule has 0 radical (unpaired) electrons. The largest absolute Gasteiger partial charge is 0.508 e. The number of anilines is 1. The summed E-state index contributed by atoms with van der Waals surface area (Å²) in [6.45, 7) is 2.55. The van der Waals surface area contributed by atoms with Gasteiger partial charge in [-0.1, -0.05) is 19.1 Å². The highest BCUT2D eigenvalue weighted by Crippen LogP contribution is 2.48. The smallest absolute Gasteiger partial charge is 0.411 e. The second-order valence-corrected chi connectivity index (χ2v) is 18.0. The number of aromatic hydroxyl groups is 1. The number of carbonyl (C=O) groups is 2. The van der Waals surface area contributed by atoms with E-state index in [1.807, 2.05) is 50.2 Å². The summed E-state index contributed by atoms with van der Waals surface area (Å²) in [6, 6.07) is 14.4. The zero-order chi connectivity index (χ0) is 41.3. The molecule has 4 unspecified atom stereocenters. The maximum absolute atomic E-state index is 14.1. The number of carbonyl (C=O) groups excluding carboxylic acids is 2. The third-order valence-electron chi connectivity index (χ3n) is 13.6. The van der Waals surface area contributed by atoms with E-state index in [0.717, 1.165) is 54.2 Å². The highest BCUT2D eigenvalue weighted by molar-refractivity contribution is 5.89. The number of amides is 1. The SMILES string of the molecule is CCC1(OCc2ccc(NC(=O)OC3CCC[C@]4(C3)OOC3CC5CC(C3)CC(C5)O4)cc2)C(=O)OCc2c1cc1n(c2=O)Cc2cc3c(CN(C)C)c(O)ccc3nc2-1. The molecule has 2 saturated heterocycles. The fourth-order valence-corrected chi connectivity index (χ4v) is 10.8. The first-order valence-corrected chi connectivity index (χ1v) is 21.4. The average molecular weight is 821 g/mol. The summed E-state index contributed by atoms with van der Waals surface area (Å²) in [5.74, 6) is -0.0480. The quantitative estimate of drug-likeness (QED) is 0.120. The first-order valence-electron chi connectivity index (χ1n) is 21.4. The summed E-state index contributed by atoms with van der Waals surface area (Å²) in [5.41, 5.74) is 3.94. The van der Waals surface area contributed by atoms with Crippen LogP contribution in [-0.2, 0) is 65.4 Å². The van der Waals surface area contributed by atoms with Crippen LogP contribution >= 0.6 is 0 Å². The van der Waals surface area contributed by atoms with Crippen LogP contribution in [0.5, 0.6) is 5.75 Å². The Kier molecular flexibility index (Phi) is 9.98. The monoisotopic (exact) mass is 820 g/mol. The molecule has 2 aromatic heterocycles. The van der Waals surface area contributed by atoms with Crippen molar-refractivity contribution in [1.82, 2.24) is 14.5 Å². The van der Waals surface area contributed by atoms with Crippen LogP contribution in [0.4, 0.5) is 10.5 Å². The van der Waals surface area contributed by atoms with Crippen molar-refractivity contribution in [3.8, 4) is 17.1 Å². The number of aromatic nitrogens is 2. The van der Waals surface area contributed by atoms with Gasteiger partial charge in [0.1, 0.15) is 18.5 Å². The molecule has 1 amide bonds. The Hall–Kier alpha value is -4.86. The molecule has 316 valence electrons. The average Bonchev–Trinajstić information content (AvgIpc) is 3.61. The van der Waals surface area contributed by atoms with Crippen molar-refractivity contribution >= 4 is 28.7 Å². The molecule has 1 spiro atoms. The van der Waals surface area contributed by atoms with Crippen molar-refractivity contribution < 1.29 is 43.4 Å². The van der Waals surface area contributed by atoms with Crippen molar-refractivity contribution in [3.05, 3.63) is 86.7 Å². The van der Waals surface area contributed by atoms with Gasteiger partial charge in [0.05, 0.1) is 47.8 Å². The van der Waals surface area contributed by atoms with Crippen LogP contribution in [0.15, 0.2) is 53.3 Å². The summed E-state index contributed by atoms with van der Waals surface area (Å²) >= 11 is 0. The van der Waals surface area contributed by atoms with Crippen molar-refractivity contribution in [2.24, 2.45) is 11.8 Å². The van der Waals surface area contributed by atoms with Gasteiger partial charge in [-0.3, -0.25) is 10.1 Å². The molecular formula is C46H52N4O10. The van der Waals surface area contributed by atoms with Crippen LogP contribution in [0, 0.1) is 11.8 Å². The van der Waals surface area contributed by atoms with Crippen LogP contribution in [0.1, 0.15) is 98.9 Å². The van der Waals surface area contributed by atoms with E-state index in [-0.39, 0.29) is 49.3 Å². The zero-order valence-corrected chi connectivity index (χ0v) is 34.4. The van der Waals surface area contributed by atoms with Gasteiger partial charge in [0.25, 0.3) is 5.56 Å². The normalized spacial score (nSPS) is 29.1. The third-order valence-corrected chi connectivity index (χ3v) is 13.6. The minimum Gasteiger partial charge on any atom is -0.508 e. The number of hydrogen-bond acceptors (Lipinski definition) is 12. The fourth-order valence-electron chi connectivity index (χ4n) is 10.8. The Balaban J connectivity index is 0.826. The standard InChI is InChI=1S/C46H52N4O10/c1-4-46(37-20-39-41-29(22-50(39)42(52)36(37)25-55-43(46)53)19-34-35(23-49(2)3)40(51)12-11-38(34)48-41)56-24-26-7-9-30(10-8-26)47-44(54)57-31-6-5-13-45(21-31)58-32-15-27-14-28(16-32)18-33(17-27)59-60-45/h7-12,19-20,27-28,31-33,51H,4-6,13-18,21-25H2,1-3H3,(H,47,54)/t27?,28?,31?,32?,33?,45-,46?/m1/s1. The summed E-state index contributed by atoms with van der Waals surface area (Å²) in [7, 11) is 3.88. The predicted octanol–water partition coefficient (Wildman–Crippen LogP) is 7.18. The predicted molar refractivity (Wildman–Crippen MR) is 219 cm³/mol. The number of ether oxygens (including phenoxy) is 4. The summed E-state index contributed by atoms with van der Waals surface area (Å²) < 4.78 is 26.4. The lowest BCUT2D eigenvalue weighted by molar-refractivity contribution is -0.456. The van der Waals surface area contributed by atoms with E-state index >= 15 is 0 Å². The number of phenols is 1. The number of nitrogens with one attached hydrogen (secondary N) is 1. The zero-order valence-electron chi connectivity index (χ0n) is 34.4. The van der Waals surface area contributed by atoms with Gasteiger partial charge in [-0.2, -0.15) is 0 Å². The number of esters is 1. The van der Waals surface area contributed by atoms with Gasteiger partial charge in [-0.25, -0.2) is 24.3 Å².